The van der Waals surface area contributed by atoms with E-state index in [0.29, 0.717) is 18.2 Å². The van der Waals surface area contributed by atoms with Crippen LogP contribution in [0.15, 0.2) is 24.3 Å². The number of hydrogen-bond acceptors (Lipinski definition) is 2. The van der Waals surface area contributed by atoms with Gasteiger partial charge in [0.2, 0.25) is 5.91 Å². The van der Waals surface area contributed by atoms with E-state index < -0.39 is 0 Å². The number of hydrogen-bond donors (Lipinski definition) is 1. The molecule has 1 aromatic rings. The van der Waals surface area contributed by atoms with E-state index in [4.69, 9.17) is 0 Å². The summed E-state index contributed by atoms with van der Waals surface area (Å²) in [7, 11) is 2.00. The second-order valence-electron chi connectivity index (χ2n) is 6.60. The van der Waals surface area contributed by atoms with Crippen LogP contribution in [0.5, 0.6) is 0 Å². The first kappa shape index (κ1) is 17.0. The summed E-state index contributed by atoms with van der Waals surface area (Å²) in [6.07, 6.45) is 3.93. The topological polar surface area (TPSA) is 32.3 Å². The van der Waals surface area contributed by atoms with Gasteiger partial charge in [-0.05, 0) is 57.2 Å². The number of benzene rings is 1. The fraction of sp³-hybridized carbons (Fsp3) is 0.632. The van der Waals surface area contributed by atoms with Gasteiger partial charge in [-0.2, -0.15) is 0 Å². The Bertz CT molecular complexity index is 461. The molecule has 0 bridgehead atoms. The third kappa shape index (κ3) is 4.57. The number of aryl methyl sites for hydroxylation is 1. The number of piperidine rings is 1. The molecule has 0 radical (unpaired) electrons. The van der Waals surface area contributed by atoms with Gasteiger partial charge in [-0.15, -0.1) is 0 Å². The van der Waals surface area contributed by atoms with Crippen LogP contribution in [0.1, 0.15) is 49.7 Å². The van der Waals surface area contributed by atoms with Crippen molar-refractivity contribution >= 4 is 5.91 Å². The molecule has 1 aliphatic heterocycles. The minimum atomic E-state index is 0.329. The lowest BCUT2D eigenvalue weighted by molar-refractivity contribution is -0.133. The molecule has 3 nitrogen and oxygen atoms in total. The summed E-state index contributed by atoms with van der Waals surface area (Å²) < 4.78 is 0. The van der Waals surface area contributed by atoms with Gasteiger partial charge in [0.25, 0.3) is 0 Å². The van der Waals surface area contributed by atoms with Crippen molar-refractivity contribution < 1.29 is 4.79 Å². The Morgan fingerprint density at radius 1 is 1.27 bits per heavy atom. The molecule has 1 saturated heterocycles. The maximum absolute atomic E-state index is 12.6. The molecule has 22 heavy (non-hydrogen) atoms. The third-order valence-corrected chi connectivity index (χ3v) is 4.92. The van der Waals surface area contributed by atoms with Crippen LogP contribution in [-0.2, 0) is 4.79 Å². The summed E-state index contributed by atoms with van der Waals surface area (Å²) in [6.45, 7) is 7.20. The van der Waals surface area contributed by atoms with Crippen molar-refractivity contribution in [1.82, 2.24) is 10.2 Å². The molecule has 0 saturated carbocycles. The van der Waals surface area contributed by atoms with Crippen LogP contribution >= 0.6 is 0 Å². The predicted octanol–water partition coefficient (Wildman–Crippen LogP) is 3.34. The molecule has 0 spiro atoms. The van der Waals surface area contributed by atoms with E-state index in [0.717, 1.165) is 44.8 Å². The number of nitrogens with one attached hydrogen (secondary N) is 1. The number of rotatable bonds is 6. The van der Waals surface area contributed by atoms with E-state index in [2.05, 4.69) is 48.3 Å². The maximum atomic E-state index is 12.6. The zero-order valence-electron chi connectivity index (χ0n) is 14.3. The zero-order valence-corrected chi connectivity index (χ0v) is 14.3. The van der Waals surface area contributed by atoms with Crippen LogP contribution in [0.25, 0.3) is 0 Å². The van der Waals surface area contributed by atoms with Crippen LogP contribution in [0.3, 0.4) is 0 Å². The monoisotopic (exact) mass is 302 g/mol. The molecule has 1 heterocycles. The highest BCUT2D eigenvalue weighted by Gasteiger charge is 2.24. The summed E-state index contributed by atoms with van der Waals surface area (Å²) in [4.78, 5) is 14.7. The van der Waals surface area contributed by atoms with Crippen molar-refractivity contribution in [2.45, 2.75) is 45.4 Å². The normalized spacial score (nSPS) is 17.5. The number of amides is 1. The standard InChI is InChI=1S/C19H30N2O/c1-4-17(18-7-5-15(2)6-8-18)13-19(22)21-11-9-16(10-12-21)14-20-3/h5-8,16-17,20H,4,9-14H2,1-3H3. The molecule has 1 unspecified atom stereocenters. The average molecular weight is 302 g/mol. The lowest BCUT2D eigenvalue weighted by Crippen LogP contribution is -2.40. The van der Waals surface area contributed by atoms with Crippen molar-refractivity contribution in [2.24, 2.45) is 5.92 Å². The van der Waals surface area contributed by atoms with E-state index in [1.165, 1.54) is 11.1 Å². The first-order valence-electron chi connectivity index (χ1n) is 8.63. The number of carbonyl (C=O) groups is 1. The highest BCUT2D eigenvalue weighted by atomic mass is 16.2. The Morgan fingerprint density at radius 3 is 2.45 bits per heavy atom. The number of likely N-dealkylation sites (tertiary alicyclic amines) is 1. The van der Waals surface area contributed by atoms with E-state index in [9.17, 15) is 4.79 Å². The number of nitrogens with zero attached hydrogens (tertiary/aromatic N) is 1. The fourth-order valence-electron chi connectivity index (χ4n) is 3.35. The Kier molecular flexibility index (Phi) is 6.44. The molecular weight excluding hydrogens is 272 g/mol. The van der Waals surface area contributed by atoms with E-state index in [1.807, 2.05) is 7.05 Å². The zero-order chi connectivity index (χ0) is 15.9. The molecule has 0 aliphatic carbocycles. The summed E-state index contributed by atoms with van der Waals surface area (Å²) in [5, 5.41) is 3.25. The quantitative estimate of drug-likeness (QED) is 0.874. The molecule has 2 rings (SSSR count). The molecule has 1 aromatic carbocycles. The van der Waals surface area contributed by atoms with Crippen LogP contribution in [0, 0.1) is 12.8 Å². The van der Waals surface area contributed by atoms with Crippen molar-refractivity contribution in [3.05, 3.63) is 35.4 Å². The summed E-state index contributed by atoms with van der Waals surface area (Å²) in [5.41, 5.74) is 2.57. The van der Waals surface area contributed by atoms with Gasteiger partial charge in [0, 0.05) is 19.5 Å². The van der Waals surface area contributed by atoms with E-state index in [-0.39, 0.29) is 0 Å². The highest BCUT2D eigenvalue weighted by molar-refractivity contribution is 5.77. The van der Waals surface area contributed by atoms with Gasteiger partial charge in [0.05, 0.1) is 0 Å². The molecule has 1 fully saturated rings. The van der Waals surface area contributed by atoms with Gasteiger partial charge in [0.1, 0.15) is 0 Å². The Hall–Kier alpha value is -1.35. The molecule has 1 amide bonds. The lowest BCUT2D eigenvalue weighted by atomic mass is 9.91. The van der Waals surface area contributed by atoms with Gasteiger partial charge < -0.3 is 10.2 Å². The van der Waals surface area contributed by atoms with Crippen LogP contribution in [0.4, 0.5) is 0 Å². The van der Waals surface area contributed by atoms with Crippen molar-refractivity contribution in [3.63, 3.8) is 0 Å². The highest BCUT2D eigenvalue weighted by Crippen LogP contribution is 2.26. The van der Waals surface area contributed by atoms with Crippen molar-refractivity contribution in [2.75, 3.05) is 26.7 Å². The predicted molar refractivity (Wildman–Crippen MR) is 92.1 cm³/mol. The Labute approximate surface area is 135 Å². The van der Waals surface area contributed by atoms with Crippen molar-refractivity contribution in [3.8, 4) is 0 Å². The van der Waals surface area contributed by atoms with Crippen molar-refractivity contribution in [1.29, 1.82) is 0 Å². The molecule has 1 atom stereocenters. The molecule has 122 valence electrons. The second-order valence-corrected chi connectivity index (χ2v) is 6.60. The minimum absolute atomic E-state index is 0.329. The van der Waals surface area contributed by atoms with Gasteiger partial charge in [0.15, 0.2) is 0 Å². The Morgan fingerprint density at radius 2 is 1.91 bits per heavy atom. The molecular formula is C19H30N2O. The van der Waals surface area contributed by atoms with Crippen LogP contribution in [0.2, 0.25) is 0 Å². The minimum Gasteiger partial charge on any atom is -0.343 e. The number of carbonyl (C=O) groups excluding carboxylic acids is 1. The summed E-state index contributed by atoms with van der Waals surface area (Å²) >= 11 is 0. The lowest BCUT2D eigenvalue weighted by Gasteiger charge is -2.33. The van der Waals surface area contributed by atoms with Gasteiger partial charge in [-0.25, -0.2) is 0 Å². The first-order valence-corrected chi connectivity index (χ1v) is 8.63. The summed E-state index contributed by atoms with van der Waals surface area (Å²) in [6, 6.07) is 8.64. The van der Waals surface area contributed by atoms with Crippen LogP contribution < -0.4 is 5.32 Å². The molecule has 1 aliphatic rings. The van der Waals surface area contributed by atoms with E-state index in [1.54, 1.807) is 0 Å². The molecule has 0 aromatic heterocycles. The second kappa shape index (κ2) is 8.33. The smallest absolute Gasteiger partial charge is 0.223 e. The molecule has 3 heteroatoms. The van der Waals surface area contributed by atoms with Gasteiger partial charge >= 0.3 is 0 Å². The average Bonchev–Trinajstić information content (AvgIpc) is 2.54. The fourth-order valence-corrected chi connectivity index (χ4v) is 3.35. The maximum Gasteiger partial charge on any atom is 0.223 e. The first-order chi connectivity index (χ1) is 10.6. The van der Waals surface area contributed by atoms with Gasteiger partial charge in [-0.3, -0.25) is 4.79 Å². The third-order valence-electron chi connectivity index (χ3n) is 4.92. The largest absolute Gasteiger partial charge is 0.343 e. The van der Waals surface area contributed by atoms with E-state index >= 15 is 0 Å². The van der Waals surface area contributed by atoms with Gasteiger partial charge in [-0.1, -0.05) is 36.8 Å². The summed E-state index contributed by atoms with van der Waals surface area (Å²) in [5.74, 6) is 1.41. The Balaban J connectivity index is 1.88. The molecule has 1 N–H and O–H groups in total. The SMILES string of the molecule is CCC(CC(=O)N1CCC(CNC)CC1)c1ccc(C)cc1. The van der Waals surface area contributed by atoms with Crippen LogP contribution in [-0.4, -0.2) is 37.5 Å².